The molecular formula is C10H7F3N2O3S2. The molecule has 0 saturated carbocycles. The molecule has 5 nitrogen and oxygen atoms in total. The van der Waals surface area contributed by atoms with E-state index in [0.29, 0.717) is 21.2 Å². The fourth-order valence-electron chi connectivity index (χ4n) is 1.49. The summed E-state index contributed by atoms with van der Waals surface area (Å²) in [6, 6.07) is 1.40. The molecule has 0 bridgehead atoms. The highest BCUT2D eigenvalue weighted by atomic mass is 32.2. The lowest BCUT2D eigenvalue weighted by Gasteiger charge is -2.13. The van der Waals surface area contributed by atoms with E-state index in [9.17, 15) is 22.8 Å². The molecule has 0 aliphatic carbocycles. The average Bonchev–Trinajstić information content (AvgIpc) is 2.77. The van der Waals surface area contributed by atoms with E-state index < -0.39 is 30.0 Å². The smallest absolute Gasteiger partial charge is 0.406 e. The van der Waals surface area contributed by atoms with Crippen LogP contribution in [0.5, 0.6) is 0 Å². The van der Waals surface area contributed by atoms with Crippen LogP contribution in [0.3, 0.4) is 0 Å². The molecule has 2 rings (SSSR count). The minimum atomic E-state index is -4.59. The van der Waals surface area contributed by atoms with Gasteiger partial charge in [0.1, 0.15) is 11.4 Å². The first-order valence-corrected chi connectivity index (χ1v) is 7.04. The molecule has 2 aromatic rings. The van der Waals surface area contributed by atoms with Crippen LogP contribution in [0.1, 0.15) is 0 Å². The van der Waals surface area contributed by atoms with Crippen molar-refractivity contribution in [2.45, 2.75) is 17.9 Å². The van der Waals surface area contributed by atoms with Crippen molar-refractivity contribution in [1.82, 2.24) is 9.55 Å². The van der Waals surface area contributed by atoms with Crippen molar-refractivity contribution in [2.24, 2.45) is 0 Å². The number of aromatic nitrogens is 2. The molecule has 0 unspecified atom stereocenters. The van der Waals surface area contributed by atoms with Crippen LogP contribution in [0.2, 0.25) is 0 Å². The van der Waals surface area contributed by atoms with Gasteiger partial charge < -0.3 is 5.11 Å². The van der Waals surface area contributed by atoms with Gasteiger partial charge in [-0.2, -0.15) is 13.2 Å². The van der Waals surface area contributed by atoms with Crippen LogP contribution in [0.4, 0.5) is 13.2 Å². The minimum Gasteiger partial charge on any atom is -0.481 e. The number of hydrogen-bond donors (Lipinski definition) is 1. The molecule has 0 amide bonds. The summed E-state index contributed by atoms with van der Waals surface area (Å²) in [5.74, 6) is -1.67. The molecule has 0 saturated heterocycles. The molecule has 0 fully saturated rings. The Hall–Kier alpha value is -1.55. The average molecular weight is 324 g/mol. The first-order chi connectivity index (χ1) is 9.28. The van der Waals surface area contributed by atoms with Gasteiger partial charge in [-0.15, -0.1) is 11.3 Å². The van der Waals surface area contributed by atoms with Crippen LogP contribution < -0.4 is 5.56 Å². The standard InChI is InChI=1S/C10H7F3N2O3S2/c11-10(12,13)4-15-8(18)5-1-2-19-7(5)14-9(15)20-3-6(16)17/h1-2H,3-4H2,(H,16,17). The highest BCUT2D eigenvalue weighted by molar-refractivity contribution is 7.99. The molecule has 0 radical (unpaired) electrons. The fraction of sp³-hybridized carbons (Fsp3) is 0.300. The molecular weight excluding hydrogens is 317 g/mol. The van der Waals surface area contributed by atoms with Gasteiger partial charge in [0.2, 0.25) is 0 Å². The van der Waals surface area contributed by atoms with Crippen molar-refractivity contribution in [3.63, 3.8) is 0 Å². The van der Waals surface area contributed by atoms with Crippen molar-refractivity contribution >= 4 is 39.3 Å². The van der Waals surface area contributed by atoms with E-state index in [1.165, 1.54) is 6.07 Å². The molecule has 2 heterocycles. The summed E-state index contributed by atoms with van der Waals surface area (Å²) in [5.41, 5.74) is -0.818. The second kappa shape index (κ2) is 5.44. The maximum absolute atomic E-state index is 12.5. The van der Waals surface area contributed by atoms with E-state index in [1.54, 1.807) is 5.38 Å². The second-order valence-corrected chi connectivity index (χ2v) is 5.56. The van der Waals surface area contributed by atoms with Gasteiger partial charge in [0.15, 0.2) is 5.16 Å². The molecule has 0 aromatic carbocycles. The van der Waals surface area contributed by atoms with Crippen molar-refractivity contribution in [1.29, 1.82) is 0 Å². The van der Waals surface area contributed by atoms with Gasteiger partial charge in [0.05, 0.1) is 11.1 Å². The van der Waals surface area contributed by atoms with Gasteiger partial charge in [-0.05, 0) is 11.4 Å². The zero-order valence-corrected chi connectivity index (χ0v) is 11.3. The first-order valence-electron chi connectivity index (χ1n) is 5.17. The lowest BCUT2D eigenvalue weighted by atomic mass is 10.4. The maximum Gasteiger partial charge on any atom is 0.406 e. The number of hydrogen-bond acceptors (Lipinski definition) is 5. The Morgan fingerprint density at radius 3 is 2.80 bits per heavy atom. The first kappa shape index (κ1) is 14.9. The number of aliphatic carboxylic acids is 1. The summed E-state index contributed by atoms with van der Waals surface area (Å²) in [4.78, 5) is 26.7. The normalized spacial score (nSPS) is 11.9. The largest absolute Gasteiger partial charge is 0.481 e. The number of carboxylic acid groups (broad SMARTS) is 1. The van der Waals surface area contributed by atoms with Crippen molar-refractivity contribution in [3.05, 3.63) is 21.8 Å². The topological polar surface area (TPSA) is 72.2 Å². The quantitative estimate of drug-likeness (QED) is 0.689. The highest BCUT2D eigenvalue weighted by Crippen LogP contribution is 2.24. The van der Waals surface area contributed by atoms with Crippen LogP contribution in [0, 0.1) is 0 Å². The Bertz CT molecular complexity index is 708. The van der Waals surface area contributed by atoms with E-state index in [0.717, 1.165) is 11.3 Å². The van der Waals surface area contributed by atoms with E-state index >= 15 is 0 Å². The number of rotatable bonds is 4. The van der Waals surface area contributed by atoms with Gasteiger partial charge in [0.25, 0.3) is 5.56 Å². The summed E-state index contributed by atoms with van der Waals surface area (Å²) in [5, 5.41) is 9.98. The van der Waals surface area contributed by atoms with E-state index in [2.05, 4.69) is 4.98 Å². The Labute approximate surface area is 118 Å². The molecule has 108 valence electrons. The summed E-state index contributed by atoms with van der Waals surface area (Å²) >= 11 is 1.70. The van der Waals surface area contributed by atoms with E-state index in [-0.39, 0.29) is 10.5 Å². The zero-order chi connectivity index (χ0) is 14.9. The third-order valence-electron chi connectivity index (χ3n) is 2.21. The van der Waals surface area contributed by atoms with Crippen molar-refractivity contribution in [3.8, 4) is 0 Å². The van der Waals surface area contributed by atoms with Crippen molar-refractivity contribution < 1.29 is 23.1 Å². The maximum atomic E-state index is 12.5. The number of halogens is 3. The molecule has 1 N–H and O–H groups in total. The van der Waals surface area contributed by atoms with Gasteiger partial charge in [-0.3, -0.25) is 14.2 Å². The number of carbonyl (C=O) groups is 1. The van der Waals surface area contributed by atoms with E-state index in [1.807, 2.05) is 0 Å². The number of thioether (sulfide) groups is 1. The number of fused-ring (bicyclic) bond motifs is 1. The van der Waals surface area contributed by atoms with Gasteiger partial charge in [-0.25, -0.2) is 4.98 Å². The number of carboxylic acids is 1. The third kappa shape index (κ3) is 3.31. The minimum absolute atomic E-state index is 0.0962. The summed E-state index contributed by atoms with van der Waals surface area (Å²) < 4.78 is 38.0. The Morgan fingerprint density at radius 1 is 1.50 bits per heavy atom. The third-order valence-corrected chi connectivity index (χ3v) is 3.98. The Kier molecular flexibility index (Phi) is 4.04. The van der Waals surface area contributed by atoms with Crippen LogP contribution in [-0.4, -0.2) is 32.6 Å². The lowest BCUT2D eigenvalue weighted by molar-refractivity contribution is -0.142. The number of alkyl halides is 3. The van der Waals surface area contributed by atoms with Crippen LogP contribution in [0.25, 0.3) is 10.2 Å². The monoisotopic (exact) mass is 324 g/mol. The van der Waals surface area contributed by atoms with Gasteiger partial charge in [0, 0.05) is 0 Å². The Morgan fingerprint density at radius 2 is 2.20 bits per heavy atom. The Balaban J connectivity index is 2.53. The lowest BCUT2D eigenvalue weighted by Crippen LogP contribution is -2.30. The van der Waals surface area contributed by atoms with E-state index in [4.69, 9.17) is 5.11 Å². The van der Waals surface area contributed by atoms with Crippen molar-refractivity contribution in [2.75, 3.05) is 5.75 Å². The summed E-state index contributed by atoms with van der Waals surface area (Å²) in [7, 11) is 0. The van der Waals surface area contributed by atoms with Crippen LogP contribution >= 0.6 is 23.1 Å². The molecule has 0 aliphatic heterocycles. The predicted molar refractivity (Wildman–Crippen MR) is 68.3 cm³/mol. The van der Waals surface area contributed by atoms with Crippen LogP contribution in [0.15, 0.2) is 21.4 Å². The molecule has 0 atom stereocenters. The fourth-order valence-corrected chi connectivity index (χ4v) is 3.01. The molecule has 10 heteroatoms. The van der Waals surface area contributed by atoms with Crippen LogP contribution in [-0.2, 0) is 11.3 Å². The predicted octanol–water partition coefficient (Wildman–Crippen LogP) is 2.20. The van der Waals surface area contributed by atoms with Gasteiger partial charge in [-0.1, -0.05) is 11.8 Å². The molecule has 0 spiro atoms. The zero-order valence-electron chi connectivity index (χ0n) is 9.68. The molecule has 2 aromatic heterocycles. The highest BCUT2D eigenvalue weighted by Gasteiger charge is 2.30. The van der Waals surface area contributed by atoms with Gasteiger partial charge >= 0.3 is 12.1 Å². The molecule has 0 aliphatic rings. The summed E-state index contributed by atoms with van der Waals surface area (Å²) in [6.45, 7) is -1.49. The number of nitrogens with zero attached hydrogens (tertiary/aromatic N) is 2. The number of thiophene rings is 1. The molecule has 20 heavy (non-hydrogen) atoms. The summed E-state index contributed by atoms with van der Waals surface area (Å²) in [6.07, 6.45) is -4.59. The second-order valence-electron chi connectivity index (χ2n) is 3.72. The SMILES string of the molecule is O=C(O)CSc1nc2sccc2c(=O)n1CC(F)(F)F.